The molecular weight excluding hydrogens is 420 g/mol. The third kappa shape index (κ3) is 4.50. The number of phenolic OH excluding ortho intramolecular Hbond substituents is 1. The Morgan fingerprint density at radius 1 is 1.21 bits per heavy atom. The smallest absolute Gasteiger partial charge is 0.244 e. The molecule has 0 unspecified atom stereocenters. The average Bonchev–Trinajstić information content (AvgIpc) is 2.69. The summed E-state index contributed by atoms with van der Waals surface area (Å²) in [6.07, 6.45) is 4.68. The average molecular weight is 447 g/mol. The highest BCUT2D eigenvalue weighted by Crippen LogP contribution is 2.33. The number of rotatable bonds is 6. The van der Waals surface area contributed by atoms with Crippen LogP contribution in [0.2, 0.25) is 0 Å². The number of aryl methyl sites for hydroxylation is 1. The van der Waals surface area contributed by atoms with E-state index >= 15 is 0 Å². The molecule has 0 spiro atoms. The highest BCUT2D eigenvalue weighted by atomic mass is 79.9. The van der Waals surface area contributed by atoms with Gasteiger partial charge in [-0.15, -0.1) is 0 Å². The summed E-state index contributed by atoms with van der Waals surface area (Å²) in [5.41, 5.74) is 1.86. The van der Waals surface area contributed by atoms with E-state index in [0.29, 0.717) is 6.54 Å². The third-order valence-corrected chi connectivity index (χ3v) is 6.25. The van der Waals surface area contributed by atoms with Gasteiger partial charge in [-0.2, -0.15) is 0 Å². The highest BCUT2D eigenvalue weighted by Gasteiger charge is 2.39. The van der Waals surface area contributed by atoms with Gasteiger partial charge in [-0.25, -0.2) is 0 Å². The quantitative estimate of drug-likeness (QED) is 0.589. The van der Waals surface area contributed by atoms with E-state index in [-0.39, 0.29) is 11.7 Å². The predicted molar refractivity (Wildman–Crippen MR) is 115 cm³/mol. The first-order valence-corrected chi connectivity index (χ1v) is 10.4. The van der Waals surface area contributed by atoms with Crippen LogP contribution in [0.1, 0.15) is 43.2 Å². The second-order valence-electron chi connectivity index (χ2n) is 7.37. The van der Waals surface area contributed by atoms with Crippen LogP contribution in [0.5, 0.6) is 11.5 Å². The molecule has 0 saturated heterocycles. The van der Waals surface area contributed by atoms with Gasteiger partial charge in [0.2, 0.25) is 5.91 Å². The number of aromatic hydroxyl groups is 1. The number of anilines is 1. The Kier molecular flexibility index (Phi) is 6.62. The van der Waals surface area contributed by atoms with E-state index < -0.39 is 5.54 Å². The summed E-state index contributed by atoms with van der Waals surface area (Å²) in [4.78, 5) is 13.3. The SMILES string of the molecule is COc1cc(NC(=O)C2(NCc3c(O)cccc3Br)CCCCC2)ccc1C. The lowest BCUT2D eigenvalue weighted by Gasteiger charge is -2.37. The van der Waals surface area contributed by atoms with Crippen LogP contribution >= 0.6 is 15.9 Å². The number of methoxy groups -OCH3 is 1. The van der Waals surface area contributed by atoms with Gasteiger partial charge in [0.1, 0.15) is 11.5 Å². The summed E-state index contributed by atoms with van der Waals surface area (Å²) in [7, 11) is 1.63. The van der Waals surface area contributed by atoms with Crippen LogP contribution in [0.15, 0.2) is 40.9 Å². The molecule has 1 amide bonds. The second kappa shape index (κ2) is 8.97. The maximum Gasteiger partial charge on any atom is 0.244 e. The van der Waals surface area contributed by atoms with Gasteiger partial charge in [-0.3, -0.25) is 10.1 Å². The molecule has 1 aliphatic rings. The first-order chi connectivity index (χ1) is 13.4. The first kappa shape index (κ1) is 20.7. The molecule has 150 valence electrons. The lowest BCUT2D eigenvalue weighted by molar-refractivity contribution is -0.123. The summed E-state index contributed by atoms with van der Waals surface area (Å²) in [5, 5.41) is 16.7. The van der Waals surface area contributed by atoms with E-state index in [1.54, 1.807) is 19.2 Å². The zero-order chi connectivity index (χ0) is 20.1. The Bertz CT molecular complexity index is 827. The topological polar surface area (TPSA) is 70.6 Å². The monoisotopic (exact) mass is 446 g/mol. The molecule has 0 heterocycles. The van der Waals surface area contributed by atoms with Gasteiger partial charge in [0.15, 0.2) is 0 Å². The molecule has 2 aromatic rings. The van der Waals surface area contributed by atoms with E-state index in [1.807, 2.05) is 31.2 Å². The van der Waals surface area contributed by atoms with Gasteiger partial charge in [-0.1, -0.05) is 47.3 Å². The normalized spacial score (nSPS) is 15.8. The molecule has 5 nitrogen and oxygen atoms in total. The third-order valence-electron chi connectivity index (χ3n) is 5.51. The number of carbonyl (C=O) groups excluding carboxylic acids is 1. The summed E-state index contributed by atoms with van der Waals surface area (Å²) in [6.45, 7) is 2.39. The Balaban J connectivity index is 1.79. The van der Waals surface area contributed by atoms with Crippen molar-refractivity contribution >= 4 is 27.5 Å². The molecular formula is C22H27BrN2O3. The van der Waals surface area contributed by atoms with Crippen molar-refractivity contribution in [2.75, 3.05) is 12.4 Å². The summed E-state index contributed by atoms with van der Waals surface area (Å²) in [6, 6.07) is 11.0. The van der Waals surface area contributed by atoms with Crippen molar-refractivity contribution in [3.8, 4) is 11.5 Å². The molecule has 3 rings (SSSR count). The van der Waals surface area contributed by atoms with Crippen molar-refractivity contribution in [3.63, 3.8) is 0 Å². The molecule has 0 aromatic heterocycles. The van der Waals surface area contributed by atoms with E-state index in [0.717, 1.165) is 59.1 Å². The number of hydrogen-bond acceptors (Lipinski definition) is 4. The predicted octanol–water partition coefficient (Wildman–Crippen LogP) is 4.90. The van der Waals surface area contributed by atoms with Gasteiger partial charge in [0.25, 0.3) is 0 Å². The van der Waals surface area contributed by atoms with Crippen molar-refractivity contribution in [1.82, 2.24) is 5.32 Å². The second-order valence-corrected chi connectivity index (χ2v) is 8.23. The Morgan fingerprint density at radius 3 is 2.64 bits per heavy atom. The van der Waals surface area contributed by atoms with Crippen molar-refractivity contribution in [3.05, 3.63) is 52.0 Å². The van der Waals surface area contributed by atoms with Crippen molar-refractivity contribution in [2.45, 2.75) is 51.1 Å². The van der Waals surface area contributed by atoms with Gasteiger partial charge in [-0.05, 0) is 43.5 Å². The number of benzene rings is 2. The standard InChI is InChI=1S/C22H27BrN2O3/c1-15-9-10-16(13-20(15)28-2)25-21(27)22(11-4-3-5-12-22)24-14-17-18(23)7-6-8-19(17)26/h6-10,13,24,26H,3-5,11-12,14H2,1-2H3,(H,25,27). The lowest BCUT2D eigenvalue weighted by Crippen LogP contribution is -2.55. The summed E-state index contributed by atoms with van der Waals surface area (Å²) in [5.74, 6) is 0.933. The lowest BCUT2D eigenvalue weighted by atomic mass is 9.80. The minimum absolute atomic E-state index is 0.0374. The largest absolute Gasteiger partial charge is 0.508 e. The van der Waals surface area contributed by atoms with E-state index in [2.05, 4.69) is 26.6 Å². The molecule has 28 heavy (non-hydrogen) atoms. The first-order valence-electron chi connectivity index (χ1n) is 9.63. The van der Waals surface area contributed by atoms with Crippen molar-refractivity contribution in [2.24, 2.45) is 0 Å². The molecule has 0 atom stereocenters. The number of halogens is 1. The maximum absolute atomic E-state index is 13.3. The van der Waals surface area contributed by atoms with Crippen LogP contribution in [0.25, 0.3) is 0 Å². The molecule has 3 N–H and O–H groups in total. The molecule has 0 aliphatic heterocycles. The van der Waals surface area contributed by atoms with Crippen LogP contribution in [-0.4, -0.2) is 23.7 Å². The fourth-order valence-corrected chi connectivity index (χ4v) is 4.26. The fourth-order valence-electron chi connectivity index (χ4n) is 3.77. The van der Waals surface area contributed by atoms with Crippen LogP contribution in [0, 0.1) is 6.92 Å². The van der Waals surface area contributed by atoms with Crippen LogP contribution in [0.4, 0.5) is 5.69 Å². The van der Waals surface area contributed by atoms with Gasteiger partial charge >= 0.3 is 0 Å². The Labute approximate surface area is 174 Å². The minimum atomic E-state index is -0.655. The molecule has 1 fully saturated rings. The van der Waals surface area contributed by atoms with E-state index in [4.69, 9.17) is 4.74 Å². The number of nitrogens with one attached hydrogen (secondary N) is 2. The van der Waals surface area contributed by atoms with Crippen LogP contribution in [-0.2, 0) is 11.3 Å². The van der Waals surface area contributed by atoms with Gasteiger partial charge < -0.3 is 15.2 Å². The number of phenols is 1. The molecule has 0 bridgehead atoms. The minimum Gasteiger partial charge on any atom is -0.508 e. The Morgan fingerprint density at radius 2 is 1.96 bits per heavy atom. The highest BCUT2D eigenvalue weighted by molar-refractivity contribution is 9.10. The molecule has 6 heteroatoms. The van der Waals surface area contributed by atoms with Gasteiger partial charge in [0, 0.05) is 28.3 Å². The van der Waals surface area contributed by atoms with Crippen molar-refractivity contribution < 1.29 is 14.6 Å². The van der Waals surface area contributed by atoms with Crippen LogP contribution < -0.4 is 15.4 Å². The molecule has 0 radical (unpaired) electrons. The number of carbonyl (C=O) groups is 1. The maximum atomic E-state index is 13.3. The van der Waals surface area contributed by atoms with E-state index in [1.165, 1.54) is 0 Å². The van der Waals surface area contributed by atoms with Crippen LogP contribution in [0.3, 0.4) is 0 Å². The van der Waals surface area contributed by atoms with Crippen molar-refractivity contribution in [1.29, 1.82) is 0 Å². The zero-order valence-electron chi connectivity index (χ0n) is 16.3. The van der Waals surface area contributed by atoms with Gasteiger partial charge in [0.05, 0.1) is 12.6 Å². The molecule has 1 aliphatic carbocycles. The zero-order valence-corrected chi connectivity index (χ0v) is 17.9. The summed E-state index contributed by atoms with van der Waals surface area (Å²) >= 11 is 3.49. The molecule has 1 saturated carbocycles. The Hall–Kier alpha value is -2.05. The fraction of sp³-hybridized carbons (Fsp3) is 0.409. The number of hydrogen-bond donors (Lipinski definition) is 3. The number of ether oxygens (including phenoxy) is 1. The molecule has 2 aromatic carbocycles. The summed E-state index contributed by atoms with van der Waals surface area (Å²) < 4.78 is 6.20. The van der Waals surface area contributed by atoms with E-state index in [9.17, 15) is 9.90 Å². The number of amides is 1.